The van der Waals surface area contributed by atoms with E-state index in [1.807, 2.05) is 18.2 Å². The van der Waals surface area contributed by atoms with Gasteiger partial charge in [0.2, 0.25) is 0 Å². The summed E-state index contributed by atoms with van der Waals surface area (Å²) in [6.45, 7) is 6.47. The zero-order chi connectivity index (χ0) is 11.1. The normalized spacial score (nSPS) is 12.2. The highest BCUT2D eigenvalue weighted by Gasteiger charge is 2.16. The first kappa shape index (κ1) is 10.0. The number of hydrogen-bond donors (Lipinski definition) is 1. The van der Waals surface area contributed by atoms with Gasteiger partial charge in [0.1, 0.15) is 5.52 Å². The SMILES string of the molecule is CC(C)(C)Cc1nc2c(N)cccc2o1. The van der Waals surface area contributed by atoms with Gasteiger partial charge in [0, 0.05) is 6.42 Å². The molecular weight excluding hydrogens is 188 g/mol. The monoisotopic (exact) mass is 204 g/mol. The number of rotatable bonds is 1. The second-order valence-corrected chi connectivity index (χ2v) is 5.04. The number of nitrogen functional groups attached to an aromatic ring is 1. The summed E-state index contributed by atoms with van der Waals surface area (Å²) in [5.41, 5.74) is 8.21. The van der Waals surface area contributed by atoms with Gasteiger partial charge in [-0.15, -0.1) is 0 Å². The van der Waals surface area contributed by atoms with Crippen molar-refractivity contribution in [1.82, 2.24) is 4.98 Å². The highest BCUT2D eigenvalue weighted by molar-refractivity contribution is 5.85. The summed E-state index contributed by atoms with van der Waals surface area (Å²) < 4.78 is 5.63. The van der Waals surface area contributed by atoms with Crippen molar-refractivity contribution in [3.63, 3.8) is 0 Å². The molecule has 3 heteroatoms. The lowest BCUT2D eigenvalue weighted by Gasteiger charge is -2.14. The molecule has 0 saturated carbocycles. The summed E-state index contributed by atoms with van der Waals surface area (Å²) in [7, 11) is 0. The van der Waals surface area contributed by atoms with Gasteiger partial charge in [-0.3, -0.25) is 0 Å². The minimum absolute atomic E-state index is 0.176. The highest BCUT2D eigenvalue weighted by Crippen LogP contribution is 2.25. The molecule has 1 heterocycles. The van der Waals surface area contributed by atoms with Crippen LogP contribution in [0.3, 0.4) is 0 Å². The molecule has 0 amide bonds. The van der Waals surface area contributed by atoms with Gasteiger partial charge in [-0.2, -0.15) is 0 Å². The fraction of sp³-hybridized carbons (Fsp3) is 0.417. The van der Waals surface area contributed by atoms with Gasteiger partial charge in [0.15, 0.2) is 11.5 Å². The summed E-state index contributed by atoms with van der Waals surface area (Å²) in [6.07, 6.45) is 0.821. The quantitative estimate of drug-likeness (QED) is 0.726. The van der Waals surface area contributed by atoms with Gasteiger partial charge >= 0.3 is 0 Å². The smallest absolute Gasteiger partial charge is 0.196 e. The van der Waals surface area contributed by atoms with E-state index in [-0.39, 0.29) is 5.41 Å². The maximum atomic E-state index is 5.81. The predicted molar refractivity (Wildman–Crippen MR) is 61.6 cm³/mol. The molecule has 1 aromatic carbocycles. The van der Waals surface area contributed by atoms with Gasteiger partial charge in [0.25, 0.3) is 0 Å². The fourth-order valence-corrected chi connectivity index (χ4v) is 1.55. The van der Waals surface area contributed by atoms with E-state index < -0.39 is 0 Å². The number of para-hydroxylation sites is 1. The van der Waals surface area contributed by atoms with Crippen LogP contribution in [0.15, 0.2) is 22.6 Å². The third-order valence-corrected chi connectivity index (χ3v) is 2.18. The van der Waals surface area contributed by atoms with Gasteiger partial charge in [0.05, 0.1) is 5.69 Å². The van der Waals surface area contributed by atoms with Crippen molar-refractivity contribution in [3.8, 4) is 0 Å². The maximum absolute atomic E-state index is 5.81. The highest BCUT2D eigenvalue weighted by atomic mass is 16.3. The van der Waals surface area contributed by atoms with Gasteiger partial charge in [-0.1, -0.05) is 26.8 Å². The third kappa shape index (κ3) is 2.12. The molecular formula is C12H16N2O. The van der Waals surface area contributed by atoms with E-state index in [1.54, 1.807) is 0 Å². The van der Waals surface area contributed by atoms with Crippen LogP contribution in [0.1, 0.15) is 26.7 Å². The standard InChI is InChI=1S/C12H16N2O/c1-12(2,3)7-10-14-11-8(13)5-4-6-9(11)15-10/h4-6H,7,13H2,1-3H3. The lowest BCUT2D eigenvalue weighted by Crippen LogP contribution is -2.09. The number of hydrogen-bond acceptors (Lipinski definition) is 3. The first-order valence-electron chi connectivity index (χ1n) is 5.10. The molecule has 2 rings (SSSR count). The van der Waals surface area contributed by atoms with Gasteiger partial charge in [-0.05, 0) is 17.5 Å². The lowest BCUT2D eigenvalue weighted by atomic mass is 9.92. The Kier molecular flexibility index (Phi) is 2.18. The number of aromatic nitrogens is 1. The van der Waals surface area contributed by atoms with Crippen molar-refractivity contribution >= 4 is 16.8 Å². The zero-order valence-corrected chi connectivity index (χ0v) is 9.37. The molecule has 0 spiro atoms. The Morgan fingerprint density at radius 3 is 2.67 bits per heavy atom. The molecule has 0 aliphatic heterocycles. The average Bonchev–Trinajstić information content (AvgIpc) is 2.45. The van der Waals surface area contributed by atoms with Crippen LogP contribution < -0.4 is 5.73 Å². The lowest BCUT2D eigenvalue weighted by molar-refractivity contribution is 0.362. The first-order chi connectivity index (χ1) is 6.96. The van der Waals surface area contributed by atoms with E-state index in [4.69, 9.17) is 10.2 Å². The van der Waals surface area contributed by atoms with Crippen LogP contribution in [0.25, 0.3) is 11.1 Å². The van der Waals surface area contributed by atoms with Crippen molar-refractivity contribution in [1.29, 1.82) is 0 Å². The molecule has 0 atom stereocenters. The van der Waals surface area contributed by atoms with E-state index in [0.29, 0.717) is 5.69 Å². The second-order valence-electron chi connectivity index (χ2n) is 5.04. The summed E-state index contributed by atoms with van der Waals surface area (Å²) >= 11 is 0. The molecule has 0 bridgehead atoms. The molecule has 0 saturated heterocycles. The average molecular weight is 204 g/mol. The molecule has 0 fully saturated rings. The van der Waals surface area contributed by atoms with Crippen LogP contribution in [0.4, 0.5) is 5.69 Å². The molecule has 2 aromatic rings. The molecule has 1 aromatic heterocycles. The van der Waals surface area contributed by atoms with E-state index in [9.17, 15) is 0 Å². The fourth-order valence-electron chi connectivity index (χ4n) is 1.55. The Hall–Kier alpha value is -1.51. The van der Waals surface area contributed by atoms with E-state index >= 15 is 0 Å². The molecule has 0 aliphatic rings. The Morgan fingerprint density at radius 1 is 1.33 bits per heavy atom. The largest absolute Gasteiger partial charge is 0.441 e. The van der Waals surface area contributed by atoms with E-state index in [0.717, 1.165) is 23.4 Å². The number of nitrogens with two attached hydrogens (primary N) is 1. The van der Waals surface area contributed by atoms with Crippen LogP contribution >= 0.6 is 0 Å². The molecule has 3 nitrogen and oxygen atoms in total. The second kappa shape index (κ2) is 3.26. The zero-order valence-electron chi connectivity index (χ0n) is 9.37. The predicted octanol–water partition coefficient (Wildman–Crippen LogP) is 3.00. The minimum atomic E-state index is 0.176. The van der Waals surface area contributed by atoms with Crippen LogP contribution in [-0.2, 0) is 6.42 Å². The van der Waals surface area contributed by atoms with Crippen LogP contribution in [0, 0.1) is 5.41 Å². The number of oxazole rings is 1. The number of nitrogens with zero attached hydrogens (tertiary/aromatic N) is 1. The molecule has 80 valence electrons. The van der Waals surface area contributed by atoms with Gasteiger partial charge in [-0.25, -0.2) is 4.98 Å². The molecule has 0 radical (unpaired) electrons. The summed E-state index contributed by atoms with van der Waals surface area (Å²) in [5.74, 6) is 0.760. The Bertz CT molecular complexity index is 480. The van der Waals surface area contributed by atoms with Crippen LogP contribution in [0.2, 0.25) is 0 Å². The molecule has 0 aliphatic carbocycles. The Balaban J connectivity index is 2.44. The van der Waals surface area contributed by atoms with Gasteiger partial charge < -0.3 is 10.2 Å². The maximum Gasteiger partial charge on any atom is 0.196 e. The molecule has 2 N–H and O–H groups in total. The van der Waals surface area contributed by atoms with Crippen molar-refractivity contribution in [2.45, 2.75) is 27.2 Å². The molecule has 15 heavy (non-hydrogen) atoms. The summed E-state index contributed by atoms with van der Waals surface area (Å²) in [6, 6.07) is 5.61. The topological polar surface area (TPSA) is 52.0 Å². The van der Waals surface area contributed by atoms with Crippen molar-refractivity contribution in [2.24, 2.45) is 5.41 Å². The first-order valence-corrected chi connectivity index (χ1v) is 5.10. The van der Waals surface area contributed by atoms with Crippen molar-refractivity contribution in [2.75, 3.05) is 5.73 Å². The molecule has 0 unspecified atom stereocenters. The number of anilines is 1. The van der Waals surface area contributed by atoms with Crippen LogP contribution in [0.5, 0.6) is 0 Å². The van der Waals surface area contributed by atoms with E-state index in [2.05, 4.69) is 25.8 Å². The van der Waals surface area contributed by atoms with E-state index in [1.165, 1.54) is 0 Å². The van der Waals surface area contributed by atoms with Crippen molar-refractivity contribution in [3.05, 3.63) is 24.1 Å². The van der Waals surface area contributed by atoms with Crippen LogP contribution in [-0.4, -0.2) is 4.98 Å². The minimum Gasteiger partial charge on any atom is -0.441 e. The Labute approximate surface area is 89.3 Å². The van der Waals surface area contributed by atoms with Crippen molar-refractivity contribution < 1.29 is 4.42 Å². The number of fused-ring (bicyclic) bond motifs is 1. The summed E-state index contributed by atoms with van der Waals surface area (Å²) in [5, 5.41) is 0. The number of benzene rings is 1. The Morgan fingerprint density at radius 2 is 2.07 bits per heavy atom. The third-order valence-electron chi connectivity index (χ3n) is 2.18. The summed E-state index contributed by atoms with van der Waals surface area (Å²) in [4.78, 5) is 4.41.